The lowest BCUT2D eigenvalue weighted by Crippen LogP contribution is -2.16. The van der Waals surface area contributed by atoms with Crippen LogP contribution in [0.25, 0.3) is 22.0 Å². The van der Waals surface area contributed by atoms with E-state index in [0.717, 1.165) is 11.1 Å². The van der Waals surface area contributed by atoms with Crippen LogP contribution in [0.2, 0.25) is 0 Å². The third kappa shape index (κ3) is 2.65. The molecule has 1 atom stereocenters. The molecule has 112 valence electrons. The van der Waals surface area contributed by atoms with Crippen LogP contribution in [0.5, 0.6) is 0 Å². The number of hydrogen-bond acceptors (Lipinski definition) is 3. The highest BCUT2D eigenvalue weighted by atomic mass is 16.1. The van der Waals surface area contributed by atoms with Gasteiger partial charge in [-0.05, 0) is 55.9 Å². The van der Waals surface area contributed by atoms with E-state index in [4.69, 9.17) is 0 Å². The lowest BCUT2D eigenvalue weighted by molar-refractivity contribution is 0.321. The molecule has 1 N–H and O–H groups in total. The molecule has 0 aliphatic carbocycles. The molecule has 0 aliphatic heterocycles. The molecular formula is C18H19N3O. The number of aromatic amines is 1. The third-order valence-electron chi connectivity index (χ3n) is 4.12. The Balaban J connectivity index is 2.10. The monoisotopic (exact) mass is 293 g/mol. The summed E-state index contributed by atoms with van der Waals surface area (Å²) in [5.41, 5.74) is 3.99. The molecule has 0 aliphatic rings. The van der Waals surface area contributed by atoms with Gasteiger partial charge in [0.15, 0.2) is 0 Å². The van der Waals surface area contributed by atoms with E-state index in [1.165, 1.54) is 11.9 Å². The first-order valence-corrected chi connectivity index (χ1v) is 7.30. The van der Waals surface area contributed by atoms with Crippen LogP contribution in [0, 0.1) is 0 Å². The zero-order valence-corrected chi connectivity index (χ0v) is 13.0. The average Bonchev–Trinajstić information content (AvgIpc) is 2.54. The fraction of sp³-hybridized carbons (Fsp3) is 0.222. The molecule has 0 bridgehead atoms. The first kappa shape index (κ1) is 14.5. The summed E-state index contributed by atoms with van der Waals surface area (Å²) in [6, 6.07) is 14.6. The third-order valence-corrected chi connectivity index (χ3v) is 4.12. The number of benzene rings is 2. The van der Waals surface area contributed by atoms with Gasteiger partial charge in [-0.25, -0.2) is 4.98 Å². The van der Waals surface area contributed by atoms with Crippen LogP contribution in [-0.4, -0.2) is 29.0 Å². The molecule has 1 unspecified atom stereocenters. The minimum Gasteiger partial charge on any atom is -0.313 e. The topological polar surface area (TPSA) is 49.0 Å². The van der Waals surface area contributed by atoms with E-state index in [1.807, 2.05) is 18.2 Å². The van der Waals surface area contributed by atoms with Crippen LogP contribution in [0.4, 0.5) is 0 Å². The first-order valence-electron chi connectivity index (χ1n) is 7.30. The van der Waals surface area contributed by atoms with E-state index in [0.29, 0.717) is 16.9 Å². The maximum atomic E-state index is 11.9. The van der Waals surface area contributed by atoms with Crippen molar-refractivity contribution in [3.63, 3.8) is 0 Å². The Morgan fingerprint density at radius 2 is 1.86 bits per heavy atom. The van der Waals surface area contributed by atoms with Crippen LogP contribution >= 0.6 is 0 Å². The minimum atomic E-state index is -0.107. The van der Waals surface area contributed by atoms with Gasteiger partial charge in [0.1, 0.15) is 0 Å². The van der Waals surface area contributed by atoms with E-state index in [9.17, 15) is 4.79 Å². The van der Waals surface area contributed by atoms with Crippen molar-refractivity contribution in [2.75, 3.05) is 14.1 Å². The van der Waals surface area contributed by atoms with Gasteiger partial charge in [-0.2, -0.15) is 0 Å². The van der Waals surface area contributed by atoms with Crippen molar-refractivity contribution in [1.29, 1.82) is 0 Å². The number of nitrogens with one attached hydrogen (secondary N) is 1. The van der Waals surface area contributed by atoms with Crippen molar-refractivity contribution >= 4 is 10.9 Å². The van der Waals surface area contributed by atoms with Crippen molar-refractivity contribution in [2.24, 2.45) is 0 Å². The second-order valence-corrected chi connectivity index (χ2v) is 5.73. The zero-order valence-electron chi connectivity index (χ0n) is 13.0. The maximum absolute atomic E-state index is 11.9. The fourth-order valence-corrected chi connectivity index (χ4v) is 2.52. The van der Waals surface area contributed by atoms with Crippen molar-refractivity contribution in [3.05, 3.63) is 64.7 Å². The first-order chi connectivity index (χ1) is 10.6. The molecule has 0 amide bonds. The van der Waals surface area contributed by atoms with Crippen molar-refractivity contribution in [1.82, 2.24) is 14.9 Å². The number of hydrogen-bond donors (Lipinski definition) is 1. The van der Waals surface area contributed by atoms with Crippen LogP contribution < -0.4 is 5.56 Å². The van der Waals surface area contributed by atoms with Gasteiger partial charge in [0.05, 0.1) is 17.2 Å². The lowest BCUT2D eigenvalue weighted by Gasteiger charge is -2.20. The number of H-pyrrole nitrogens is 1. The van der Waals surface area contributed by atoms with Gasteiger partial charge in [0.25, 0.3) is 5.56 Å². The number of fused-ring (bicyclic) bond motifs is 1. The van der Waals surface area contributed by atoms with Crippen LogP contribution in [0.15, 0.2) is 53.6 Å². The molecule has 4 heteroatoms. The highest BCUT2D eigenvalue weighted by Gasteiger charge is 2.09. The van der Waals surface area contributed by atoms with E-state index in [-0.39, 0.29) is 5.56 Å². The molecule has 0 spiro atoms. The number of rotatable bonds is 3. The van der Waals surface area contributed by atoms with Crippen LogP contribution in [0.3, 0.4) is 0 Å². The van der Waals surface area contributed by atoms with Crippen LogP contribution in [0.1, 0.15) is 18.5 Å². The molecule has 3 aromatic rings. The second kappa shape index (κ2) is 5.73. The summed E-state index contributed by atoms with van der Waals surface area (Å²) >= 11 is 0. The largest absolute Gasteiger partial charge is 0.313 e. The van der Waals surface area contributed by atoms with Gasteiger partial charge in [-0.15, -0.1) is 0 Å². The van der Waals surface area contributed by atoms with Gasteiger partial charge in [-0.3, -0.25) is 4.79 Å². The van der Waals surface area contributed by atoms with E-state index in [1.54, 1.807) is 0 Å². The Hall–Kier alpha value is -2.46. The molecule has 0 fully saturated rings. The van der Waals surface area contributed by atoms with Gasteiger partial charge < -0.3 is 9.88 Å². The van der Waals surface area contributed by atoms with Gasteiger partial charge >= 0.3 is 0 Å². The molecule has 4 nitrogen and oxygen atoms in total. The summed E-state index contributed by atoms with van der Waals surface area (Å²) < 4.78 is 0. The Bertz CT molecular complexity index is 867. The quantitative estimate of drug-likeness (QED) is 0.806. The van der Waals surface area contributed by atoms with Crippen molar-refractivity contribution < 1.29 is 0 Å². The molecular weight excluding hydrogens is 274 g/mol. The molecule has 0 radical (unpaired) electrons. The smallest absolute Gasteiger partial charge is 0.258 e. The predicted molar refractivity (Wildman–Crippen MR) is 89.9 cm³/mol. The summed E-state index contributed by atoms with van der Waals surface area (Å²) in [5.74, 6) is 0. The average molecular weight is 293 g/mol. The predicted octanol–water partition coefficient (Wildman–Crippen LogP) is 3.21. The second-order valence-electron chi connectivity index (χ2n) is 5.73. The molecule has 2 aromatic carbocycles. The van der Waals surface area contributed by atoms with Gasteiger partial charge in [0, 0.05) is 6.04 Å². The summed E-state index contributed by atoms with van der Waals surface area (Å²) in [6.07, 6.45) is 1.43. The Morgan fingerprint density at radius 1 is 1.09 bits per heavy atom. The molecule has 0 saturated carbocycles. The van der Waals surface area contributed by atoms with Crippen LogP contribution in [-0.2, 0) is 0 Å². The minimum absolute atomic E-state index is 0.107. The normalized spacial score (nSPS) is 12.7. The van der Waals surface area contributed by atoms with E-state index < -0.39 is 0 Å². The summed E-state index contributed by atoms with van der Waals surface area (Å²) in [6.45, 7) is 2.17. The SMILES string of the molecule is CC(c1cccc(-c2ccc3nc[nH]c(=O)c3c2)c1)N(C)C. The number of nitrogens with zero attached hydrogens (tertiary/aromatic N) is 2. The van der Waals surface area contributed by atoms with Gasteiger partial charge in [-0.1, -0.05) is 24.3 Å². The summed E-state index contributed by atoms with van der Waals surface area (Å²) in [7, 11) is 4.14. The van der Waals surface area contributed by atoms with Gasteiger partial charge in [0.2, 0.25) is 0 Å². The highest BCUT2D eigenvalue weighted by Crippen LogP contribution is 2.26. The standard InChI is InChI=1S/C18H19N3O/c1-12(21(2)3)13-5-4-6-14(9-13)15-7-8-17-16(10-15)18(22)20-11-19-17/h4-12H,1-3H3,(H,19,20,22). The van der Waals surface area contributed by atoms with E-state index in [2.05, 4.69) is 60.2 Å². The molecule has 0 saturated heterocycles. The maximum Gasteiger partial charge on any atom is 0.258 e. The van der Waals surface area contributed by atoms with Crippen molar-refractivity contribution in [3.8, 4) is 11.1 Å². The fourth-order valence-electron chi connectivity index (χ4n) is 2.52. The zero-order chi connectivity index (χ0) is 15.7. The molecule has 1 heterocycles. The highest BCUT2D eigenvalue weighted by molar-refractivity contribution is 5.83. The summed E-state index contributed by atoms with van der Waals surface area (Å²) in [4.78, 5) is 20.9. The molecule has 3 rings (SSSR count). The number of aromatic nitrogens is 2. The Labute approximate surface area is 129 Å². The van der Waals surface area contributed by atoms with Crippen molar-refractivity contribution in [2.45, 2.75) is 13.0 Å². The Morgan fingerprint density at radius 3 is 2.64 bits per heavy atom. The summed E-state index contributed by atoms with van der Waals surface area (Å²) in [5, 5.41) is 0.617. The lowest BCUT2D eigenvalue weighted by atomic mass is 9.99. The Kier molecular flexibility index (Phi) is 3.77. The molecule has 1 aromatic heterocycles. The molecule has 22 heavy (non-hydrogen) atoms. The van der Waals surface area contributed by atoms with E-state index >= 15 is 0 Å².